The predicted molar refractivity (Wildman–Crippen MR) is 81.9 cm³/mol. The second-order valence-electron chi connectivity index (χ2n) is 5.43. The fourth-order valence-electron chi connectivity index (χ4n) is 2.25. The third-order valence-corrected chi connectivity index (χ3v) is 3.48. The van der Waals surface area contributed by atoms with Crippen molar-refractivity contribution in [3.8, 4) is 11.8 Å². The molecule has 0 amide bonds. The molecule has 0 radical (unpaired) electrons. The molecule has 1 aliphatic rings. The van der Waals surface area contributed by atoms with Crippen molar-refractivity contribution < 1.29 is 19.4 Å². The third kappa shape index (κ3) is 11.3. The molecule has 1 fully saturated rings. The second-order valence-corrected chi connectivity index (χ2v) is 5.43. The molecule has 1 atom stereocenters. The monoisotopic (exact) mass is 296 g/mol. The van der Waals surface area contributed by atoms with Gasteiger partial charge in [0.1, 0.15) is 0 Å². The number of carbonyl (C=O) groups is 1. The van der Waals surface area contributed by atoms with Crippen molar-refractivity contribution in [2.24, 2.45) is 0 Å². The molecular weight excluding hydrogens is 268 g/mol. The van der Waals surface area contributed by atoms with Crippen molar-refractivity contribution in [3.05, 3.63) is 0 Å². The van der Waals surface area contributed by atoms with Gasteiger partial charge in [0.15, 0.2) is 6.29 Å². The smallest absolute Gasteiger partial charge is 0.304 e. The zero-order valence-corrected chi connectivity index (χ0v) is 12.9. The molecule has 21 heavy (non-hydrogen) atoms. The Morgan fingerprint density at radius 1 is 1.10 bits per heavy atom. The van der Waals surface area contributed by atoms with Crippen LogP contribution in [0.2, 0.25) is 0 Å². The van der Waals surface area contributed by atoms with Crippen molar-refractivity contribution in [2.45, 2.75) is 76.9 Å². The number of carboxylic acid groups (broad SMARTS) is 1. The average Bonchev–Trinajstić information content (AvgIpc) is 2.49. The molecular formula is C17H28O4. The normalized spacial score (nSPS) is 18.0. The molecule has 1 saturated heterocycles. The fourth-order valence-corrected chi connectivity index (χ4v) is 2.25. The van der Waals surface area contributed by atoms with E-state index >= 15 is 0 Å². The van der Waals surface area contributed by atoms with E-state index < -0.39 is 5.97 Å². The van der Waals surface area contributed by atoms with Gasteiger partial charge in [-0.2, -0.15) is 0 Å². The number of aliphatic carboxylic acids is 1. The number of hydrogen-bond donors (Lipinski definition) is 1. The summed E-state index contributed by atoms with van der Waals surface area (Å²) in [5, 5.41) is 8.45. The van der Waals surface area contributed by atoms with Crippen molar-refractivity contribution in [1.29, 1.82) is 0 Å². The van der Waals surface area contributed by atoms with E-state index in [0.29, 0.717) is 6.42 Å². The first-order valence-electron chi connectivity index (χ1n) is 8.20. The van der Waals surface area contributed by atoms with E-state index in [1.165, 1.54) is 32.1 Å². The lowest BCUT2D eigenvalue weighted by Gasteiger charge is -2.22. The van der Waals surface area contributed by atoms with Gasteiger partial charge in [-0.15, -0.1) is 11.8 Å². The number of hydrogen-bond acceptors (Lipinski definition) is 3. The first kappa shape index (κ1) is 18.0. The molecule has 1 heterocycles. The largest absolute Gasteiger partial charge is 0.481 e. The summed E-state index contributed by atoms with van der Waals surface area (Å²) in [6.45, 7) is 1.65. The highest BCUT2D eigenvalue weighted by atomic mass is 16.7. The molecule has 0 aromatic carbocycles. The molecule has 120 valence electrons. The highest BCUT2D eigenvalue weighted by Gasteiger charge is 2.13. The molecule has 1 N–H and O–H groups in total. The van der Waals surface area contributed by atoms with E-state index in [4.69, 9.17) is 14.6 Å². The molecule has 0 aromatic heterocycles. The van der Waals surface area contributed by atoms with Crippen LogP contribution in [-0.4, -0.2) is 30.6 Å². The van der Waals surface area contributed by atoms with Crippen LogP contribution in [0.3, 0.4) is 0 Å². The van der Waals surface area contributed by atoms with Crippen molar-refractivity contribution in [3.63, 3.8) is 0 Å². The summed E-state index contributed by atoms with van der Waals surface area (Å²) >= 11 is 0. The summed E-state index contributed by atoms with van der Waals surface area (Å²) in [5.74, 6) is 5.16. The van der Waals surface area contributed by atoms with Gasteiger partial charge in [-0.3, -0.25) is 4.79 Å². The van der Waals surface area contributed by atoms with Gasteiger partial charge in [0.2, 0.25) is 0 Å². The van der Waals surface area contributed by atoms with Crippen LogP contribution < -0.4 is 0 Å². The summed E-state index contributed by atoms with van der Waals surface area (Å²) < 4.78 is 11.2. The standard InChI is InChI=1S/C17H28O4/c18-16(19)12-8-6-4-2-1-3-5-7-10-14-20-17-13-9-11-15-21-17/h17H,1-3,5,7-15H2,(H,18,19). The number of carboxylic acids is 1. The van der Waals surface area contributed by atoms with E-state index in [-0.39, 0.29) is 12.7 Å². The van der Waals surface area contributed by atoms with E-state index in [0.717, 1.165) is 38.9 Å². The maximum Gasteiger partial charge on any atom is 0.304 e. The zero-order chi connectivity index (χ0) is 15.2. The lowest BCUT2D eigenvalue weighted by Crippen LogP contribution is -2.22. The van der Waals surface area contributed by atoms with Crippen LogP contribution in [0.1, 0.15) is 70.6 Å². The summed E-state index contributed by atoms with van der Waals surface area (Å²) in [6, 6.07) is 0. The van der Waals surface area contributed by atoms with Gasteiger partial charge < -0.3 is 14.6 Å². The SMILES string of the molecule is O=C(O)CCC#CCCCCCCCOC1CCCCO1. The van der Waals surface area contributed by atoms with E-state index in [1.807, 2.05) is 0 Å². The lowest BCUT2D eigenvalue weighted by atomic mass is 10.1. The van der Waals surface area contributed by atoms with Gasteiger partial charge in [0, 0.05) is 26.1 Å². The molecule has 1 aliphatic heterocycles. The number of ether oxygens (including phenoxy) is 2. The van der Waals surface area contributed by atoms with Gasteiger partial charge in [-0.05, 0) is 32.1 Å². The Hall–Kier alpha value is -1.05. The fraction of sp³-hybridized carbons (Fsp3) is 0.824. The molecule has 0 aromatic rings. The number of rotatable bonds is 10. The van der Waals surface area contributed by atoms with Crippen LogP contribution in [0, 0.1) is 11.8 Å². The van der Waals surface area contributed by atoms with Crippen molar-refractivity contribution in [1.82, 2.24) is 0 Å². The summed E-state index contributed by atoms with van der Waals surface area (Å²) in [5.41, 5.74) is 0. The second kappa shape index (κ2) is 12.7. The van der Waals surface area contributed by atoms with Crippen LogP contribution in [0.15, 0.2) is 0 Å². The molecule has 0 saturated carbocycles. The van der Waals surface area contributed by atoms with E-state index in [2.05, 4.69) is 11.8 Å². The zero-order valence-electron chi connectivity index (χ0n) is 12.9. The van der Waals surface area contributed by atoms with Gasteiger partial charge >= 0.3 is 5.97 Å². The Morgan fingerprint density at radius 2 is 1.86 bits per heavy atom. The van der Waals surface area contributed by atoms with Crippen molar-refractivity contribution >= 4 is 5.97 Å². The van der Waals surface area contributed by atoms with Crippen LogP contribution in [-0.2, 0) is 14.3 Å². The minimum absolute atomic E-state index is 0.0415. The van der Waals surface area contributed by atoms with Gasteiger partial charge in [0.05, 0.1) is 6.42 Å². The Morgan fingerprint density at radius 3 is 2.62 bits per heavy atom. The third-order valence-electron chi connectivity index (χ3n) is 3.48. The molecule has 1 unspecified atom stereocenters. The van der Waals surface area contributed by atoms with Gasteiger partial charge in [0.25, 0.3) is 0 Å². The molecule has 0 bridgehead atoms. The van der Waals surface area contributed by atoms with Crippen molar-refractivity contribution in [2.75, 3.05) is 13.2 Å². The highest BCUT2D eigenvalue weighted by molar-refractivity contribution is 5.66. The Kier molecular flexibility index (Phi) is 10.9. The minimum atomic E-state index is -0.773. The maximum absolute atomic E-state index is 10.3. The Bertz CT molecular complexity index is 323. The van der Waals surface area contributed by atoms with Crippen LogP contribution in [0.25, 0.3) is 0 Å². The number of unbranched alkanes of at least 4 members (excludes halogenated alkanes) is 5. The van der Waals surface area contributed by atoms with Crippen LogP contribution in [0.5, 0.6) is 0 Å². The quantitative estimate of drug-likeness (QED) is 0.493. The summed E-state index contributed by atoms with van der Waals surface area (Å²) in [7, 11) is 0. The Balaban J connectivity index is 1.79. The molecule has 4 heteroatoms. The topological polar surface area (TPSA) is 55.8 Å². The molecule has 1 rings (SSSR count). The first-order chi connectivity index (χ1) is 10.3. The summed E-state index contributed by atoms with van der Waals surface area (Å²) in [4.78, 5) is 10.3. The van der Waals surface area contributed by atoms with Gasteiger partial charge in [-0.1, -0.05) is 19.3 Å². The minimum Gasteiger partial charge on any atom is -0.481 e. The maximum atomic E-state index is 10.3. The molecule has 0 aliphatic carbocycles. The summed E-state index contributed by atoms with van der Waals surface area (Å²) in [6.07, 6.45) is 10.8. The van der Waals surface area contributed by atoms with Crippen LogP contribution >= 0.6 is 0 Å². The highest BCUT2D eigenvalue weighted by Crippen LogP contribution is 2.14. The van der Waals surface area contributed by atoms with Gasteiger partial charge in [-0.25, -0.2) is 0 Å². The van der Waals surface area contributed by atoms with E-state index in [1.54, 1.807) is 0 Å². The lowest BCUT2D eigenvalue weighted by molar-refractivity contribution is -0.162. The first-order valence-corrected chi connectivity index (χ1v) is 8.20. The van der Waals surface area contributed by atoms with Crippen LogP contribution in [0.4, 0.5) is 0 Å². The molecule has 4 nitrogen and oxygen atoms in total. The van der Waals surface area contributed by atoms with E-state index in [9.17, 15) is 4.79 Å². The Labute approximate surface area is 128 Å². The predicted octanol–water partition coefficient (Wildman–Crippen LogP) is 3.74. The average molecular weight is 296 g/mol. The molecule has 0 spiro atoms.